The Morgan fingerprint density at radius 3 is 2.74 bits per heavy atom. The van der Waals surface area contributed by atoms with Gasteiger partial charge in [0.15, 0.2) is 0 Å². The van der Waals surface area contributed by atoms with Crippen LogP contribution < -0.4 is 5.32 Å². The average molecular weight is 261 g/mol. The molecule has 19 heavy (non-hydrogen) atoms. The van der Waals surface area contributed by atoms with Crippen LogP contribution >= 0.6 is 0 Å². The molecule has 1 N–H and O–H groups in total. The van der Waals surface area contributed by atoms with Crippen molar-refractivity contribution in [3.05, 3.63) is 41.1 Å². The van der Waals surface area contributed by atoms with Gasteiger partial charge in [-0.15, -0.1) is 0 Å². The van der Waals surface area contributed by atoms with Crippen LogP contribution in [0.25, 0.3) is 0 Å². The highest BCUT2D eigenvalue weighted by molar-refractivity contribution is 5.16. The van der Waals surface area contributed by atoms with Crippen molar-refractivity contribution in [2.24, 2.45) is 0 Å². The van der Waals surface area contributed by atoms with E-state index in [-0.39, 0.29) is 6.04 Å². The Bertz CT molecular complexity index is 527. The summed E-state index contributed by atoms with van der Waals surface area (Å²) in [5.74, 6) is 2.04. The molecule has 4 nitrogen and oxygen atoms in total. The van der Waals surface area contributed by atoms with Gasteiger partial charge in [0.1, 0.15) is 11.5 Å². The van der Waals surface area contributed by atoms with E-state index in [1.165, 1.54) is 5.69 Å². The van der Waals surface area contributed by atoms with Gasteiger partial charge in [-0.1, -0.05) is 6.92 Å². The molecular formula is C15H23N3O. The van der Waals surface area contributed by atoms with Gasteiger partial charge in [0.2, 0.25) is 0 Å². The Labute approximate surface area is 114 Å². The molecule has 0 saturated carbocycles. The molecule has 2 aromatic heterocycles. The predicted octanol–water partition coefficient (Wildman–Crippen LogP) is 2.87. The van der Waals surface area contributed by atoms with Crippen LogP contribution in [0, 0.1) is 6.92 Å². The monoisotopic (exact) mass is 261 g/mol. The summed E-state index contributed by atoms with van der Waals surface area (Å²) in [6.07, 6.45) is 1.82. The molecule has 0 aliphatic rings. The van der Waals surface area contributed by atoms with Gasteiger partial charge < -0.3 is 9.73 Å². The molecule has 1 atom stereocenters. The summed E-state index contributed by atoms with van der Waals surface area (Å²) >= 11 is 0. The third-order valence-corrected chi connectivity index (χ3v) is 3.42. The van der Waals surface area contributed by atoms with E-state index in [2.05, 4.69) is 47.1 Å². The van der Waals surface area contributed by atoms with Crippen LogP contribution in [0.5, 0.6) is 0 Å². The van der Waals surface area contributed by atoms with Crippen molar-refractivity contribution >= 4 is 0 Å². The molecule has 2 heterocycles. The molecule has 0 saturated heterocycles. The minimum atomic E-state index is 0.196. The molecule has 0 fully saturated rings. The van der Waals surface area contributed by atoms with Crippen molar-refractivity contribution in [1.29, 1.82) is 0 Å². The molecule has 104 valence electrons. The van der Waals surface area contributed by atoms with Gasteiger partial charge in [-0.2, -0.15) is 5.10 Å². The SMILES string of the molecule is CCc1ccc(C(Cc2cc(C)nn2CC)NC)o1. The number of hydrogen-bond acceptors (Lipinski definition) is 3. The van der Waals surface area contributed by atoms with Crippen LogP contribution in [0.3, 0.4) is 0 Å². The first kappa shape index (κ1) is 13.9. The van der Waals surface area contributed by atoms with Crippen LogP contribution in [-0.2, 0) is 19.4 Å². The van der Waals surface area contributed by atoms with Gasteiger partial charge in [0.05, 0.1) is 11.7 Å². The lowest BCUT2D eigenvalue weighted by Crippen LogP contribution is -2.20. The lowest BCUT2D eigenvalue weighted by molar-refractivity contribution is 0.401. The number of nitrogens with zero attached hydrogens (tertiary/aromatic N) is 2. The predicted molar refractivity (Wildman–Crippen MR) is 76.2 cm³/mol. The van der Waals surface area contributed by atoms with Crippen LogP contribution in [0.2, 0.25) is 0 Å². The zero-order valence-electron chi connectivity index (χ0n) is 12.2. The topological polar surface area (TPSA) is 43.0 Å². The second kappa shape index (κ2) is 6.06. The van der Waals surface area contributed by atoms with Gasteiger partial charge >= 0.3 is 0 Å². The van der Waals surface area contributed by atoms with Crippen LogP contribution in [-0.4, -0.2) is 16.8 Å². The number of aromatic nitrogens is 2. The number of nitrogens with one attached hydrogen (secondary N) is 1. The third-order valence-electron chi connectivity index (χ3n) is 3.42. The number of likely N-dealkylation sites (N-methyl/N-ethyl adjacent to an activating group) is 1. The fourth-order valence-corrected chi connectivity index (χ4v) is 2.36. The zero-order valence-corrected chi connectivity index (χ0v) is 12.2. The van der Waals surface area contributed by atoms with Crippen molar-refractivity contribution in [3.63, 3.8) is 0 Å². The Balaban J connectivity index is 2.18. The standard InChI is InChI=1S/C15H23N3O/c1-5-13-7-8-15(19-13)14(16-4)10-12-9-11(3)17-18(12)6-2/h7-9,14,16H,5-6,10H2,1-4H3. The molecule has 2 aromatic rings. The van der Waals surface area contributed by atoms with E-state index in [1.807, 2.05) is 14.0 Å². The first-order chi connectivity index (χ1) is 9.17. The molecule has 1 unspecified atom stereocenters. The van der Waals surface area contributed by atoms with Gasteiger partial charge in [-0.25, -0.2) is 0 Å². The highest BCUT2D eigenvalue weighted by atomic mass is 16.3. The van der Waals surface area contributed by atoms with Gasteiger partial charge in [-0.05, 0) is 39.1 Å². The van der Waals surface area contributed by atoms with Crippen LogP contribution in [0.1, 0.15) is 42.8 Å². The number of hydrogen-bond donors (Lipinski definition) is 1. The molecule has 0 radical (unpaired) electrons. The normalized spacial score (nSPS) is 12.8. The average Bonchev–Trinajstić information content (AvgIpc) is 3.01. The van der Waals surface area contributed by atoms with E-state index in [4.69, 9.17) is 4.42 Å². The lowest BCUT2D eigenvalue weighted by atomic mass is 10.1. The molecule has 4 heteroatoms. The van der Waals surface area contributed by atoms with E-state index >= 15 is 0 Å². The Morgan fingerprint density at radius 1 is 1.37 bits per heavy atom. The fourth-order valence-electron chi connectivity index (χ4n) is 2.36. The van der Waals surface area contributed by atoms with Crippen LogP contribution in [0.15, 0.2) is 22.6 Å². The molecule has 0 aliphatic heterocycles. The van der Waals surface area contributed by atoms with Gasteiger partial charge in [0, 0.05) is 25.1 Å². The summed E-state index contributed by atoms with van der Waals surface area (Å²) in [5, 5.41) is 7.82. The second-order valence-electron chi connectivity index (χ2n) is 4.80. The largest absolute Gasteiger partial charge is 0.464 e. The number of furan rings is 1. The molecule has 0 amide bonds. The maximum absolute atomic E-state index is 5.85. The second-order valence-corrected chi connectivity index (χ2v) is 4.80. The maximum Gasteiger partial charge on any atom is 0.121 e. The quantitative estimate of drug-likeness (QED) is 0.869. The van der Waals surface area contributed by atoms with Crippen molar-refractivity contribution < 1.29 is 4.42 Å². The van der Waals surface area contributed by atoms with E-state index < -0.39 is 0 Å². The highest BCUT2D eigenvalue weighted by Crippen LogP contribution is 2.21. The van der Waals surface area contributed by atoms with Crippen LogP contribution in [0.4, 0.5) is 0 Å². The molecular weight excluding hydrogens is 238 g/mol. The minimum Gasteiger partial charge on any atom is -0.464 e. The summed E-state index contributed by atoms with van der Waals surface area (Å²) in [5.41, 5.74) is 2.31. The number of aryl methyl sites for hydroxylation is 3. The van der Waals surface area contributed by atoms with Gasteiger partial charge in [0.25, 0.3) is 0 Å². The van der Waals surface area contributed by atoms with E-state index in [0.717, 1.165) is 36.6 Å². The minimum absolute atomic E-state index is 0.196. The van der Waals surface area contributed by atoms with Gasteiger partial charge in [-0.3, -0.25) is 4.68 Å². The third kappa shape index (κ3) is 3.07. The van der Waals surface area contributed by atoms with E-state index in [9.17, 15) is 0 Å². The summed E-state index contributed by atoms with van der Waals surface area (Å²) < 4.78 is 7.91. The fraction of sp³-hybridized carbons (Fsp3) is 0.533. The maximum atomic E-state index is 5.85. The van der Waals surface area contributed by atoms with Crippen molar-refractivity contribution in [2.45, 2.75) is 46.2 Å². The summed E-state index contributed by atoms with van der Waals surface area (Å²) in [7, 11) is 1.97. The molecule has 0 aliphatic carbocycles. The van der Waals surface area contributed by atoms with E-state index in [0.29, 0.717) is 0 Å². The highest BCUT2D eigenvalue weighted by Gasteiger charge is 2.17. The lowest BCUT2D eigenvalue weighted by Gasteiger charge is -2.14. The summed E-state index contributed by atoms with van der Waals surface area (Å²) in [4.78, 5) is 0. The molecule has 2 rings (SSSR count). The number of rotatable bonds is 6. The smallest absolute Gasteiger partial charge is 0.121 e. The van der Waals surface area contributed by atoms with E-state index in [1.54, 1.807) is 0 Å². The first-order valence-electron chi connectivity index (χ1n) is 6.97. The molecule has 0 spiro atoms. The summed E-state index contributed by atoms with van der Waals surface area (Å²) in [6, 6.07) is 6.47. The first-order valence-corrected chi connectivity index (χ1v) is 6.97. The Morgan fingerprint density at radius 2 is 2.16 bits per heavy atom. The Kier molecular flexibility index (Phi) is 4.43. The van der Waals surface area contributed by atoms with Crippen molar-refractivity contribution in [2.75, 3.05) is 7.05 Å². The zero-order chi connectivity index (χ0) is 13.8. The Hall–Kier alpha value is -1.55. The van der Waals surface area contributed by atoms with Crippen molar-refractivity contribution in [1.82, 2.24) is 15.1 Å². The summed E-state index contributed by atoms with van der Waals surface area (Å²) in [6.45, 7) is 7.16. The van der Waals surface area contributed by atoms with Crippen molar-refractivity contribution in [3.8, 4) is 0 Å². The molecule has 0 aromatic carbocycles. The molecule has 0 bridgehead atoms.